The predicted molar refractivity (Wildman–Crippen MR) is 57.1 cm³/mol. The minimum atomic E-state index is -0.362. The summed E-state index contributed by atoms with van der Waals surface area (Å²) in [5.74, 6) is -0.177. The number of aldehydes is 1. The molecule has 0 aliphatic heterocycles. The lowest BCUT2D eigenvalue weighted by molar-refractivity contribution is 0.111. The zero-order valence-electron chi connectivity index (χ0n) is 7.50. The van der Waals surface area contributed by atoms with Crippen molar-refractivity contribution >= 4 is 22.2 Å². The average molecular weight is 269 g/mol. The quantitative estimate of drug-likeness (QED) is 0.852. The maximum absolute atomic E-state index is 13.4. The molecule has 0 atom stereocenters. The molecule has 0 unspecified atom stereocenters. The van der Waals surface area contributed by atoms with Crippen molar-refractivity contribution in [3.63, 3.8) is 0 Å². The van der Waals surface area contributed by atoms with Crippen molar-refractivity contribution < 1.29 is 9.18 Å². The molecule has 0 aliphatic rings. The van der Waals surface area contributed by atoms with E-state index in [-0.39, 0.29) is 11.6 Å². The lowest BCUT2D eigenvalue weighted by atomic mass is 10.1. The number of aromatic amines is 1. The summed E-state index contributed by atoms with van der Waals surface area (Å²) in [7, 11) is 0. The third-order valence-electron chi connectivity index (χ3n) is 1.93. The molecule has 3 nitrogen and oxygen atoms in total. The van der Waals surface area contributed by atoms with Crippen LogP contribution in [-0.4, -0.2) is 16.3 Å². The highest BCUT2D eigenvalue weighted by Gasteiger charge is 2.08. The Hall–Kier alpha value is -1.49. The van der Waals surface area contributed by atoms with Crippen LogP contribution in [0.4, 0.5) is 4.39 Å². The molecule has 5 heteroatoms. The van der Waals surface area contributed by atoms with Gasteiger partial charge in [0, 0.05) is 10.0 Å². The maximum atomic E-state index is 13.4. The number of carbonyl (C=O) groups excluding carboxylic acids is 1. The number of rotatable bonds is 2. The van der Waals surface area contributed by atoms with Gasteiger partial charge in [0.15, 0.2) is 12.1 Å². The summed E-state index contributed by atoms with van der Waals surface area (Å²) in [6.07, 6.45) is 2.01. The van der Waals surface area contributed by atoms with Crippen molar-refractivity contribution in [1.29, 1.82) is 0 Å². The SMILES string of the molecule is O=Cc1ncc(-c2cc(Br)ccc2F)[nH]1. The van der Waals surface area contributed by atoms with Crippen molar-refractivity contribution in [2.24, 2.45) is 0 Å². The minimum Gasteiger partial charge on any atom is -0.336 e. The molecule has 2 rings (SSSR count). The summed E-state index contributed by atoms with van der Waals surface area (Å²) in [5.41, 5.74) is 0.862. The van der Waals surface area contributed by atoms with Gasteiger partial charge in [0.2, 0.25) is 0 Å². The molecule has 1 heterocycles. The normalized spacial score (nSPS) is 10.3. The molecule has 0 amide bonds. The summed E-state index contributed by atoms with van der Waals surface area (Å²) in [5, 5.41) is 0. The van der Waals surface area contributed by atoms with E-state index in [0.717, 1.165) is 4.47 Å². The van der Waals surface area contributed by atoms with E-state index >= 15 is 0 Å². The fraction of sp³-hybridized carbons (Fsp3) is 0. The van der Waals surface area contributed by atoms with E-state index in [0.29, 0.717) is 17.5 Å². The largest absolute Gasteiger partial charge is 0.336 e. The van der Waals surface area contributed by atoms with E-state index < -0.39 is 0 Å². The Morgan fingerprint density at radius 2 is 2.27 bits per heavy atom. The standard InChI is InChI=1S/C10H6BrFN2O/c11-6-1-2-8(12)7(3-6)9-4-13-10(5-15)14-9/h1-5H,(H,13,14). The molecule has 15 heavy (non-hydrogen) atoms. The van der Waals surface area contributed by atoms with Crippen molar-refractivity contribution in [3.8, 4) is 11.3 Å². The maximum Gasteiger partial charge on any atom is 0.185 e. The number of aromatic nitrogens is 2. The predicted octanol–water partition coefficient (Wildman–Crippen LogP) is 2.79. The van der Waals surface area contributed by atoms with Crippen LogP contribution < -0.4 is 0 Å². The molecule has 76 valence electrons. The van der Waals surface area contributed by atoms with E-state index in [1.807, 2.05) is 0 Å². The highest BCUT2D eigenvalue weighted by Crippen LogP contribution is 2.24. The Morgan fingerprint density at radius 3 is 2.93 bits per heavy atom. The highest BCUT2D eigenvalue weighted by atomic mass is 79.9. The number of halogens is 2. The van der Waals surface area contributed by atoms with Crippen LogP contribution in [0.3, 0.4) is 0 Å². The zero-order chi connectivity index (χ0) is 10.8. The van der Waals surface area contributed by atoms with E-state index in [1.165, 1.54) is 12.3 Å². The number of imidazole rings is 1. The van der Waals surface area contributed by atoms with Gasteiger partial charge in [0.05, 0.1) is 11.9 Å². The minimum absolute atomic E-state index is 0.185. The van der Waals surface area contributed by atoms with Crippen molar-refractivity contribution in [1.82, 2.24) is 9.97 Å². The van der Waals surface area contributed by atoms with Crippen molar-refractivity contribution in [2.45, 2.75) is 0 Å². The Kier molecular flexibility index (Phi) is 2.64. The molecular formula is C10H6BrFN2O. The van der Waals surface area contributed by atoms with Crippen molar-refractivity contribution in [2.75, 3.05) is 0 Å². The molecular weight excluding hydrogens is 263 g/mol. The number of benzene rings is 1. The molecule has 0 saturated heterocycles. The molecule has 0 saturated carbocycles. The first-order valence-corrected chi connectivity index (χ1v) is 4.95. The van der Waals surface area contributed by atoms with Gasteiger partial charge in [-0.05, 0) is 18.2 Å². The second-order valence-electron chi connectivity index (χ2n) is 2.92. The molecule has 0 bridgehead atoms. The van der Waals surface area contributed by atoms with E-state index in [2.05, 4.69) is 25.9 Å². The molecule has 1 N–H and O–H groups in total. The van der Waals surface area contributed by atoms with Crippen LogP contribution in [0.15, 0.2) is 28.9 Å². The van der Waals surface area contributed by atoms with Crippen LogP contribution in [0.5, 0.6) is 0 Å². The molecule has 0 radical (unpaired) electrons. The van der Waals surface area contributed by atoms with Gasteiger partial charge in [0.25, 0.3) is 0 Å². The number of H-pyrrole nitrogens is 1. The van der Waals surface area contributed by atoms with Crippen LogP contribution in [0, 0.1) is 5.82 Å². The third kappa shape index (κ3) is 1.97. The lowest BCUT2D eigenvalue weighted by Crippen LogP contribution is -1.85. The van der Waals surface area contributed by atoms with E-state index in [9.17, 15) is 9.18 Å². The smallest absolute Gasteiger partial charge is 0.185 e. The first-order chi connectivity index (χ1) is 7.20. The lowest BCUT2D eigenvalue weighted by Gasteiger charge is -2.00. The number of nitrogens with zero attached hydrogens (tertiary/aromatic N) is 1. The molecule has 0 fully saturated rings. The first-order valence-electron chi connectivity index (χ1n) is 4.16. The Labute approximate surface area is 93.5 Å². The average Bonchev–Trinajstić information content (AvgIpc) is 2.70. The van der Waals surface area contributed by atoms with E-state index in [4.69, 9.17) is 0 Å². The number of hydrogen-bond acceptors (Lipinski definition) is 2. The second kappa shape index (κ2) is 3.94. The van der Waals surface area contributed by atoms with Gasteiger partial charge in [-0.1, -0.05) is 15.9 Å². The van der Waals surface area contributed by atoms with Crippen LogP contribution in [0.1, 0.15) is 10.6 Å². The molecule has 2 aromatic rings. The Morgan fingerprint density at radius 1 is 1.47 bits per heavy atom. The van der Waals surface area contributed by atoms with E-state index in [1.54, 1.807) is 12.1 Å². The van der Waals surface area contributed by atoms with Crippen LogP contribution in [-0.2, 0) is 0 Å². The fourth-order valence-corrected chi connectivity index (χ4v) is 1.60. The molecule has 1 aromatic carbocycles. The third-order valence-corrected chi connectivity index (χ3v) is 2.42. The molecule has 1 aromatic heterocycles. The number of hydrogen-bond donors (Lipinski definition) is 1. The number of nitrogens with one attached hydrogen (secondary N) is 1. The van der Waals surface area contributed by atoms with Gasteiger partial charge in [-0.3, -0.25) is 4.79 Å². The molecule has 0 aliphatic carbocycles. The molecule has 0 spiro atoms. The Bertz CT molecular complexity index is 510. The zero-order valence-corrected chi connectivity index (χ0v) is 9.08. The van der Waals surface area contributed by atoms with Crippen LogP contribution in [0.2, 0.25) is 0 Å². The van der Waals surface area contributed by atoms with Gasteiger partial charge in [-0.25, -0.2) is 9.37 Å². The summed E-state index contributed by atoms with van der Waals surface area (Å²) >= 11 is 3.25. The number of carbonyl (C=O) groups is 1. The van der Waals surface area contributed by atoms with Crippen molar-refractivity contribution in [3.05, 3.63) is 40.5 Å². The first kappa shape index (κ1) is 10.0. The van der Waals surface area contributed by atoms with Gasteiger partial charge < -0.3 is 4.98 Å². The van der Waals surface area contributed by atoms with Gasteiger partial charge in [-0.2, -0.15) is 0 Å². The topological polar surface area (TPSA) is 45.8 Å². The second-order valence-corrected chi connectivity index (χ2v) is 3.84. The van der Waals surface area contributed by atoms with Gasteiger partial charge in [0.1, 0.15) is 5.82 Å². The summed E-state index contributed by atoms with van der Waals surface area (Å²) in [6, 6.07) is 4.58. The Balaban J connectivity index is 2.52. The summed E-state index contributed by atoms with van der Waals surface area (Å²) < 4.78 is 14.2. The highest BCUT2D eigenvalue weighted by molar-refractivity contribution is 9.10. The summed E-state index contributed by atoms with van der Waals surface area (Å²) in [6.45, 7) is 0. The van der Waals surface area contributed by atoms with Crippen LogP contribution in [0.25, 0.3) is 11.3 Å². The monoisotopic (exact) mass is 268 g/mol. The fourth-order valence-electron chi connectivity index (χ4n) is 1.24. The summed E-state index contributed by atoms with van der Waals surface area (Å²) in [4.78, 5) is 16.9. The van der Waals surface area contributed by atoms with Gasteiger partial charge >= 0.3 is 0 Å². The van der Waals surface area contributed by atoms with Crippen LogP contribution >= 0.6 is 15.9 Å². The van der Waals surface area contributed by atoms with Gasteiger partial charge in [-0.15, -0.1) is 0 Å².